The van der Waals surface area contributed by atoms with Gasteiger partial charge in [0.1, 0.15) is 0 Å². The van der Waals surface area contributed by atoms with Gasteiger partial charge in [0, 0.05) is 12.0 Å². The lowest BCUT2D eigenvalue weighted by Crippen LogP contribution is -2.65. The summed E-state index contributed by atoms with van der Waals surface area (Å²) in [5, 5.41) is 0.951. The molecule has 0 aliphatic rings. The van der Waals surface area contributed by atoms with Crippen molar-refractivity contribution in [3.63, 3.8) is 0 Å². The minimum atomic E-state index is -4.21. The molecule has 0 aliphatic carbocycles. The summed E-state index contributed by atoms with van der Waals surface area (Å²) in [6, 6.07) is 29.8. The van der Waals surface area contributed by atoms with Crippen molar-refractivity contribution in [3.8, 4) is 11.1 Å². The lowest BCUT2D eigenvalue weighted by molar-refractivity contribution is 0.000151. The fourth-order valence-corrected chi connectivity index (χ4v) is 7.38. The van der Waals surface area contributed by atoms with Crippen LogP contribution in [0.25, 0.3) is 11.1 Å². The number of rotatable bonds is 7. The van der Waals surface area contributed by atoms with Crippen LogP contribution < -0.4 is 15.6 Å². The Kier molecular flexibility index (Phi) is 6.39. The molecule has 0 amide bonds. The molecule has 4 aromatic carbocycles. The molecule has 33 heavy (non-hydrogen) atoms. The summed E-state index contributed by atoms with van der Waals surface area (Å²) in [6.07, 6.45) is 0.625. The first-order valence-electron chi connectivity index (χ1n) is 10.9. The van der Waals surface area contributed by atoms with E-state index in [-0.39, 0.29) is 10.8 Å². The van der Waals surface area contributed by atoms with Crippen LogP contribution in [0.3, 0.4) is 0 Å². The van der Waals surface area contributed by atoms with Crippen LogP contribution in [0.2, 0.25) is 0 Å². The number of hydrogen-bond donors (Lipinski definition) is 0. The number of halogens is 3. The van der Waals surface area contributed by atoms with Crippen molar-refractivity contribution in [1.29, 1.82) is 0 Å². The molecular formula is C29H25F3Si. The summed E-state index contributed by atoms with van der Waals surface area (Å²) in [5.74, 6) is -3.26. The number of aryl methyl sites for hydroxylation is 1. The van der Waals surface area contributed by atoms with Gasteiger partial charge in [-0.2, -0.15) is 0 Å². The average molecular weight is 459 g/mol. The predicted molar refractivity (Wildman–Crippen MR) is 134 cm³/mol. The van der Waals surface area contributed by atoms with Crippen LogP contribution in [-0.4, -0.2) is 8.41 Å². The molecule has 0 saturated heterocycles. The van der Waals surface area contributed by atoms with E-state index in [0.717, 1.165) is 11.1 Å². The van der Waals surface area contributed by atoms with Gasteiger partial charge in [0.25, 0.3) is 5.92 Å². The first kappa shape index (κ1) is 22.8. The van der Waals surface area contributed by atoms with Crippen LogP contribution >= 0.6 is 0 Å². The second-order valence-corrected chi connectivity index (χ2v) is 11.2. The van der Waals surface area contributed by atoms with E-state index in [1.165, 1.54) is 12.1 Å². The molecule has 0 saturated carbocycles. The van der Waals surface area contributed by atoms with Crippen molar-refractivity contribution in [1.82, 2.24) is 0 Å². The van der Waals surface area contributed by atoms with Gasteiger partial charge in [0.2, 0.25) is 0 Å². The van der Waals surface area contributed by atoms with Crippen LogP contribution in [0.4, 0.5) is 12.9 Å². The highest BCUT2D eigenvalue weighted by Gasteiger charge is 2.47. The summed E-state index contributed by atoms with van der Waals surface area (Å²) in [5.41, 5.74) is 2.25. The molecule has 0 nitrogen and oxygen atoms in total. The van der Waals surface area contributed by atoms with Gasteiger partial charge in [0.05, 0.1) is 0 Å². The number of allylic oxidation sites excluding steroid dienone is 1. The Balaban J connectivity index is 2.01. The molecule has 0 N–H and O–H groups in total. The molecule has 4 aromatic rings. The second kappa shape index (κ2) is 9.24. The van der Waals surface area contributed by atoms with Crippen LogP contribution in [0.15, 0.2) is 116 Å². The Morgan fingerprint density at radius 2 is 1.27 bits per heavy atom. The largest absolute Gasteiger partial charge is 0.339 e. The van der Waals surface area contributed by atoms with Crippen LogP contribution in [0.1, 0.15) is 17.5 Å². The average Bonchev–Trinajstić information content (AvgIpc) is 2.85. The second-order valence-electron chi connectivity index (χ2n) is 8.21. The summed E-state index contributed by atoms with van der Waals surface area (Å²) in [6.45, 7) is 5.48. The molecule has 0 fully saturated rings. The maximum absolute atomic E-state index is 17.4. The predicted octanol–water partition coefficient (Wildman–Crippen LogP) is 6.27. The van der Waals surface area contributed by atoms with E-state index in [1.807, 2.05) is 31.2 Å². The van der Waals surface area contributed by atoms with Gasteiger partial charge in [-0.1, -0.05) is 109 Å². The third kappa shape index (κ3) is 4.44. The third-order valence-corrected chi connectivity index (χ3v) is 9.35. The Labute approximate surface area is 194 Å². The molecule has 166 valence electrons. The summed E-state index contributed by atoms with van der Waals surface area (Å²) in [7, 11) is -4.21. The molecule has 0 atom stereocenters. The fourth-order valence-electron chi connectivity index (χ4n) is 4.18. The molecule has 0 aromatic heterocycles. The van der Waals surface area contributed by atoms with E-state index in [9.17, 15) is 0 Å². The van der Waals surface area contributed by atoms with E-state index in [2.05, 4.69) is 6.58 Å². The van der Waals surface area contributed by atoms with E-state index in [1.54, 1.807) is 72.8 Å². The van der Waals surface area contributed by atoms with Crippen molar-refractivity contribution in [3.05, 3.63) is 127 Å². The molecule has 4 heteroatoms. The van der Waals surface area contributed by atoms with Crippen LogP contribution in [0, 0.1) is 6.92 Å². The zero-order valence-electron chi connectivity index (χ0n) is 18.4. The van der Waals surface area contributed by atoms with E-state index >= 15 is 12.9 Å². The zero-order chi connectivity index (χ0) is 23.5. The first-order valence-corrected chi connectivity index (χ1v) is 12.7. The molecule has 0 bridgehead atoms. The standard InChI is InChI=1S/C29H25F3Si/c1-3-20-29(30,31)27-21-24(23-16-14-22(2)15-17-23)18-19-28(27)33(32,25-10-6-4-7-11-25)26-12-8-5-9-13-26/h3-19,21H,1,20H2,2H3. The normalized spacial score (nSPS) is 11.9. The van der Waals surface area contributed by atoms with Gasteiger partial charge < -0.3 is 0 Å². The van der Waals surface area contributed by atoms with E-state index < -0.39 is 20.8 Å². The van der Waals surface area contributed by atoms with Gasteiger partial charge in [-0.15, -0.1) is 6.58 Å². The molecule has 0 spiro atoms. The van der Waals surface area contributed by atoms with E-state index in [0.29, 0.717) is 15.9 Å². The quantitative estimate of drug-likeness (QED) is 0.133. The highest BCUT2D eigenvalue weighted by molar-refractivity contribution is 7.06. The smallest absolute Gasteiger partial charge is 0.296 e. The van der Waals surface area contributed by atoms with Gasteiger partial charge in [-0.25, -0.2) is 8.78 Å². The Bertz CT molecular complexity index is 1190. The Hall–Kier alpha value is -3.37. The highest BCUT2D eigenvalue weighted by Crippen LogP contribution is 2.35. The van der Waals surface area contributed by atoms with Crippen LogP contribution in [-0.2, 0) is 5.92 Å². The van der Waals surface area contributed by atoms with Gasteiger partial charge in [-0.05, 0) is 39.7 Å². The number of hydrogen-bond acceptors (Lipinski definition) is 0. The third-order valence-electron chi connectivity index (χ3n) is 5.91. The minimum absolute atomic E-state index is 0.0719. The number of alkyl halides is 2. The summed E-state index contributed by atoms with van der Waals surface area (Å²) < 4.78 is 48.4. The molecule has 0 radical (unpaired) electrons. The lowest BCUT2D eigenvalue weighted by Gasteiger charge is -2.29. The van der Waals surface area contributed by atoms with Crippen molar-refractivity contribution in [2.45, 2.75) is 19.3 Å². The maximum Gasteiger partial charge on any atom is 0.339 e. The van der Waals surface area contributed by atoms with Crippen molar-refractivity contribution >= 4 is 24.0 Å². The van der Waals surface area contributed by atoms with Crippen LogP contribution in [0.5, 0.6) is 0 Å². The van der Waals surface area contributed by atoms with E-state index in [4.69, 9.17) is 0 Å². The maximum atomic E-state index is 17.4. The van der Waals surface area contributed by atoms with Crippen molar-refractivity contribution in [2.75, 3.05) is 0 Å². The summed E-state index contributed by atoms with van der Waals surface area (Å²) in [4.78, 5) is 0. The number of benzene rings is 4. The first-order chi connectivity index (χ1) is 15.9. The lowest BCUT2D eigenvalue weighted by atomic mass is 9.98. The Morgan fingerprint density at radius 3 is 1.79 bits per heavy atom. The zero-order valence-corrected chi connectivity index (χ0v) is 19.4. The minimum Gasteiger partial charge on any atom is -0.296 e. The van der Waals surface area contributed by atoms with Gasteiger partial charge >= 0.3 is 8.41 Å². The fraction of sp³-hybridized carbons (Fsp3) is 0.103. The molecule has 0 heterocycles. The SMILES string of the molecule is C=CCC(F)(F)c1cc(-c2ccc(C)cc2)ccc1[Si](F)(c1ccccc1)c1ccccc1. The molecular weight excluding hydrogens is 433 g/mol. The topological polar surface area (TPSA) is 0 Å². The van der Waals surface area contributed by atoms with Crippen molar-refractivity contribution in [2.24, 2.45) is 0 Å². The Morgan fingerprint density at radius 1 is 0.758 bits per heavy atom. The molecule has 0 unspecified atom stereocenters. The molecule has 0 aliphatic heterocycles. The summed E-state index contributed by atoms with van der Waals surface area (Å²) >= 11 is 0. The monoisotopic (exact) mass is 458 g/mol. The van der Waals surface area contributed by atoms with Crippen molar-refractivity contribution < 1.29 is 12.9 Å². The highest BCUT2D eigenvalue weighted by atomic mass is 28.4. The van der Waals surface area contributed by atoms with Gasteiger partial charge in [-0.3, -0.25) is 4.11 Å². The molecule has 4 rings (SSSR count). The van der Waals surface area contributed by atoms with Gasteiger partial charge in [0.15, 0.2) is 0 Å².